The third-order valence-corrected chi connectivity index (χ3v) is 5.32. The summed E-state index contributed by atoms with van der Waals surface area (Å²) in [6, 6.07) is 3.50. The van der Waals surface area contributed by atoms with Crippen molar-refractivity contribution in [1.82, 2.24) is 15.0 Å². The van der Waals surface area contributed by atoms with E-state index in [2.05, 4.69) is 14.9 Å². The average Bonchev–Trinajstić information content (AvgIpc) is 3.07. The van der Waals surface area contributed by atoms with Crippen LogP contribution in [0.15, 0.2) is 16.9 Å². The summed E-state index contributed by atoms with van der Waals surface area (Å²) < 4.78 is 0. The zero-order valence-corrected chi connectivity index (χ0v) is 14.9. The number of pyridine rings is 1. The van der Waals surface area contributed by atoms with Gasteiger partial charge in [-0.3, -0.25) is 9.59 Å². The Balaban J connectivity index is 1.68. The molecule has 0 bridgehead atoms. The number of rotatable bonds is 3. The van der Waals surface area contributed by atoms with E-state index in [1.807, 2.05) is 6.07 Å². The molecule has 7 nitrogen and oxygen atoms in total. The Bertz CT molecular complexity index is 921. The number of hydrogen-bond acceptors (Lipinski definition) is 5. The number of hydrogen-bond donors (Lipinski definition) is 2. The maximum absolute atomic E-state index is 12.0. The van der Waals surface area contributed by atoms with E-state index < -0.39 is 5.91 Å². The number of nitrogens with zero attached hydrogens (tertiary/aromatic N) is 3. The van der Waals surface area contributed by atoms with Crippen molar-refractivity contribution in [2.45, 2.75) is 44.9 Å². The summed E-state index contributed by atoms with van der Waals surface area (Å²) in [5.41, 5.74) is 9.04. The van der Waals surface area contributed by atoms with Crippen LogP contribution in [0.3, 0.4) is 0 Å². The first kappa shape index (κ1) is 16.8. The van der Waals surface area contributed by atoms with Gasteiger partial charge in [0.1, 0.15) is 11.6 Å². The lowest BCUT2D eigenvalue weighted by Gasteiger charge is -2.34. The monoisotopic (exact) mass is 353 g/mol. The predicted molar refractivity (Wildman–Crippen MR) is 98.6 cm³/mol. The lowest BCUT2D eigenvalue weighted by atomic mass is 9.94. The molecule has 2 aromatic rings. The number of anilines is 1. The first-order valence-corrected chi connectivity index (χ1v) is 9.16. The van der Waals surface area contributed by atoms with Crippen LogP contribution in [0.5, 0.6) is 0 Å². The first-order chi connectivity index (χ1) is 12.5. The van der Waals surface area contributed by atoms with Crippen LogP contribution < -0.4 is 16.2 Å². The summed E-state index contributed by atoms with van der Waals surface area (Å²) in [4.78, 5) is 37.9. The summed E-state index contributed by atoms with van der Waals surface area (Å²) >= 11 is 0. The smallest absolute Gasteiger partial charge is 0.252 e. The zero-order valence-electron chi connectivity index (χ0n) is 14.9. The number of H-pyrrole nitrogens is 1. The third-order valence-electron chi connectivity index (χ3n) is 5.32. The number of carbonyl (C=O) groups excluding carboxylic acids is 1. The van der Waals surface area contributed by atoms with Gasteiger partial charge in [0, 0.05) is 30.8 Å². The number of piperidine rings is 1. The Hall–Kier alpha value is -2.70. The summed E-state index contributed by atoms with van der Waals surface area (Å²) in [5, 5.41) is 0. The number of aryl methyl sites for hydroxylation is 3. The number of nitrogens with one attached hydrogen (secondary N) is 1. The Morgan fingerprint density at radius 1 is 1.27 bits per heavy atom. The number of primary amides is 1. The summed E-state index contributed by atoms with van der Waals surface area (Å²) in [6.07, 6.45) is 4.90. The minimum Gasteiger partial charge on any atom is -0.365 e. The summed E-state index contributed by atoms with van der Waals surface area (Å²) in [5.74, 6) is 1.01. The topological polar surface area (TPSA) is 105 Å². The molecule has 2 aliphatic rings. The van der Waals surface area contributed by atoms with Crippen LogP contribution >= 0.6 is 0 Å². The van der Waals surface area contributed by atoms with Gasteiger partial charge in [-0.25, -0.2) is 9.97 Å². The number of amides is 1. The first-order valence-electron chi connectivity index (χ1n) is 9.16. The molecule has 1 fully saturated rings. The van der Waals surface area contributed by atoms with E-state index >= 15 is 0 Å². The van der Waals surface area contributed by atoms with Gasteiger partial charge >= 0.3 is 0 Å². The third kappa shape index (κ3) is 3.09. The number of aromatic nitrogens is 3. The molecular weight excluding hydrogens is 330 g/mol. The van der Waals surface area contributed by atoms with E-state index in [0.717, 1.165) is 55.6 Å². The van der Waals surface area contributed by atoms with Crippen molar-refractivity contribution in [3.05, 3.63) is 50.8 Å². The van der Waals surface area contributed by atoms with Crippen molar-refractivity contribution in [1.29, 1.82) is 0 Å². The van der Waals surface area contributed by atoms with Gasteiger partial charge in [0.25, 0.3) is 11.5 Å². The Morgan fingerprint density at radius 2 is 2.12 bits per heavy atom. The van der Waals surface area contributed by atoms with Gasteiger partial charge in [0.05, 0.1) is 11.3 Å². The summed E-state index contributed by atoms with van der Waals surface area (Å²) in [6.45, 7) is 3.30. The van der Waals surface area contributed by atoms with Crippen LogP contribution in [-0.4, -0.2) is 33.9 Å². The van der Waals surface area contributed by atoms with E-state index in [9.17, 15) is 9.59 Å². The normalized spacial score (nSPS) is 19.4. The minimum atomic E-state index is -0.436. The minimum absolute atomic E-state index is 0.127. The fourth-order valence-corrected chi connectivity index (χ4v) is 4.11. The molecular formula is C19H23N5O2. The van der Waals surface area contributed by atoms with Crippen LogP contribution in [0.25, 0.3) is 0 Å². The highest BCUT2D eigenvalue weighted by molar-refractivity contribution is 5.98. The van der Waals surface area contributed by atoms with Crippen molar-refractivity contribution in [2.24, 2.45) is 5.73 Å². The Labute approximate surface area is 151 Å². The molecule has 3 heterocycles. The van der Waals surface area contributed by atoms with E-state index in [4.69, 9.17) is 10.7 Å². The van der Waals surface area contributed by atoms with E-state index in [1.165, 1.54) is 0 Å². The standard InChI is InChI=1S/C19H23N5O2/c1-11-21-16(9-17(25)22-11)13-5-3-7-24(10-13)19-14(18(20)26)8-12-4-2-6-15(12)23-19/h8-9,13H,2-7,10H2,1H3,(H2,20,26)(H,21,22,25)/t13-/m1/s1. The second-order valence-electron chi connectivity index (χ2n) is 7.22. The maximum atomic E-state index is 12.0. The number of nitrogens with two attached hydrogens (primary N) is 1. The van der Waals surface area contributed by atoms with Gasteiger partial charge in [-0.05, 0) is 50.7 Å². The highest BCUT2D eigenvalue weighted by atomic mass is 16.1. The second-order valence-corrected chi connectivity index (χ2v) is 7.22. The van der Waals surface area contributed by atoms with Crippen molar-refractivity contribution in [3.8, 4) is 0 Å². The highest BCUT2D eigenvalue weighted by Crippen LogP contribution is 2.32. The largest absolute Gasteiger partial charge is 0.365 e. The van der Waals surface area contributed by atoms with Crippen molar-refractivity contribution in [2.75, 3.05) is 18.0 Å². The molecule has 136 valence electrons. The predicted octanol–water partition coefficient (Wildman–Crippen LogP) is 1.44. The van der Waals surface area contributed by atoms with Gasteiger partial charge < -0.3 is 15.6 Å². The zero-order chi connectivity index (χ0) is 18.3. The van der Waals surface area contributed by atoms with E-state index in [0.29, 0.717) is 23.8 Å². The van der Waals surface area contributed by atoms with Gasteiger partial charge in [0.2, 0.25) is 0 Å². The molecule has 3 N–H and O–H groups in total. The van der Waals surface area contributed by atoms with Crippen LogP contribution in [0.1, 0.15) is 58.3 Å². The molecule has 4 rings (SSSR count). The molecule has 0 saturated carbocycles. The Kier molecular flexibility index (Phi) is 4.22. The second kappa shape index (κ2) is 6.55. The molecule has 0 unspecified atom stereocenters. The quantitative estimate of drug-likeness (QED) is 0.869. The molecule has 1 aliphatic heterocycles. The summed E-state index contributed by atoms with van der Waals surface area (Å²) in [7, 11) is 0. The lowest BCUT2D eigenvalue weighted by molar-refractivity contribution is 0.1000. The molecule has 2 aromatic heterocycles. The van der Waals surface area contributed by atoms with Crippen LogP contribution in [0.4, 0.5) is 5.82 Å². The van der Waals surface area contributed by atoms with Gasteiger partial charge in [-0.1, -0.05) is 0 Å². The fraction of sp³-hybridized carbons (Fsp3) is 0.474. The molecule has 7 heteroatoms. The molecule has 26 heavy (non-hydrogen) atoms. The number of aromatic amines is 1. The lowest BCUT2D eigenvalue weighted by Crippen LogP contribution is -2.37. The number of carbonyl (C=O) groups is 1. The van der Waals surface area contributed by atoms with Gasteiger partial charge in [-0.15, -0.1) is 0 Å². The van der Waals surface area contributed by atoms with Gasteiger partial charge in [0.15, 0.2) is 0 Å². The van der Waals surface area contributed by atoms with Crippen molar-refractivity contribution in [3.63, 3.8) is 0 Å². The molecule has 1 atom stereocenters. The van der Waals surface area contributed by atoms with Crippen LogP contribution in [0, 0.1) is 6.92 Å². The SMILES string of the molecule is Cc1nc([C@@H]2CCCN(c3nc4c(cc3C(N)=O)CCC4)C2)cc(=O)[nH]1. The molecule has 1 saturated heterocycles. The highest BCUT2D eigenvalue weighted by Gasteiger charge is 2.28. The van der Waals surface area contributed by atoms with Crippen molar-refractivity contribution < 1.29 is 4.79 Å². The molecule has 0 aromatic carbocycles. The number of fused-ring (bicyclic) bond motifs is 1. The van der Waals surface area contributed by atoms with E-state index in [-0.39, 0.29) is 11.5 Å². The van der Waals surface area contributed by atoms with Crippen LogP contribution in [-0.2, 0) is 12.8 Å². The van der Waals surface area contributed by atoms with Gasteiger partial charge in [-0.2, -0.15) is 0 Å². The maximum Gasteiger partial charge on any atom is 0.252 e. The van der Waals surface area contributed by atoms with Crippen LogP contribution in [0.2, 0.25) is 0 Å². The molecule has 1 aliphatic carbocycles. The Morgan fingerprint density at radius 3 is 2.88 bits per heavy atom. The average molecular weight is 353 g/mol. The molecule has 0 radical (unpaired) electrons. The molecule has 0 spiro atoms. The van der Waals surface area contributed by atoms with E-state index in [1.54, 1.807) is 13.0 Å². The molecule has 1 amide bonds. The fourth-order valence-electron chi connectivity index (χ4n) is 4.11. The van der Waals surface area contributed by atoms with Crippen molar-refractivity contribution >= 4 is 11.7 Å².